The van der Waals surface area contributed by atoms with Gasteiger partial charge in [-0.25, -0.2) is 0 Å². The zero-order valence-corrected chi connectivity index (χ0v) is 20.4. The second-order valence-electron chi connectivity index (χ2n) is 8.85. The molecule has 0 atom stereocenters. The van der Waals surface area contributed by atoms with Crippen LogP contribution < -0.4 is 16.0 Å². The lowest BCUT2D eigenvalue weighted by molar-refractivity contribution is -0.117. The molecular formula is C28H32N4O3. The fourth-order valence-corrected chi connectivity index (χ4v) is 3.52. The summed E-state index contributed by atoms with van der Waals surface area (Å²) in [5.74, 6) is -0.0827. The van der Waals surface area contributed by atoms with Gasteiger partial charge in [0.25, 0.3) is 5.91 Å². The number of nitrogens with zero attached hydrogens (tertiary/aromatic N) is 1. The van der Waals surface area contributed by atoms with E-state index in [2.05, 4.69) is 16.0 Å². The minimum Gasteiger partial charge on any atom is -0.376 e. The third-order valence-corrected chi connectivity index (χ3v) is 5.22. The lowest BCUT2D eigenvalue weighted by atomic mass is 10.1. The molecule has 0 spiro atoms. The van der Waals surface area contributed by atoms with Gasteiger partial charge in [-0.2, -0.15) is 0 Å². The van der Waals surface area contributed by atoms with E-state index in [9.17, 15) is 14.4 Å². The maximum Gasteiger partial charge on any atom is 0.253 e. The van der Waals surface area contributed by atoms with Crippen LogP contribution in [0, 0.1) is 5.92 Å². The fourth-order valence-electron chi connectivity index (χ4n) is 3.52. The predicted octanol–water partition coefficient (Wildman–Crippen LogP) is 4.99. The van der Waals surface area contributed by atoms with Crippen LogP contribution in [0.25, 0.3) is 0 Å². The molecule has 0 fully saturated rings. The standard InChI is InChI=1S/C28H32N4O3/c1-20(2)16-26(33)30-24-14-12-23(13-15-24)29-18-27(34)31-25-11-7-10-22(17-25)28(35)32(3)19-21-8-5-4-6-9-21/h4-15,17,20,29H,16,18-19H2,1-3H3,(H,30,33)(H,31,34). The predicted molar refractivity (Wildman–Crippen MR) is 140 cm³/mol. The topological polar surface area (TPSA) is 90.5 Å². The van der Waals surface area contributed by atoms with E-state index in [0.29, 0.717) is 35.8 Å². The maximum atomic E-state index is 12.8. The van der Waals surface area contributed by atoms with Crippen LogP contribution in [0.15, 0.2) is 78.9 Å². The summed E-state index contributed by atoms with van der Waals surface area (Å²) in [5.41, 5.74) is 3.57. The maximum absolute atomic E-state index is 12.8. The third-order valence-electron chi connectivity index (χ3n) is 5.22. The Labute approximate surface area is 206 Å². The number of benzene rings is 3. The van der Waals surface area contributed by atoms with E-state index < -0.39 is 0 Å². The summed E-state index contributed by atoms with van der Waals surface area (Å²) in [7, 11) is 1.76. The van der Waals surface area contributed by atoms with Crippen LogP contribution in [0.4, 0.5) is 17.1 Å². The van der Waals surface area contributed by atoms with Crippen LogP contribution >= 0.6 is 0 Å². The molecule has 3 aromatic carbocycles. The first-order valence-corrected chi connectivity index (χ1v) is 11.6. The second-order valence-corrected chi connectivity index (χ2v) is 8.85. The average Bonchev–Trinajstić information content (AvgIpc) is 2.83. The van der Waals surface area contributed by atoms with Crippen LogP contribution in [0.2, 0.25) is 0 Å². The molecule has 3 aromatic rings. The second kappa shape index (κ2) is 12.4. The first-order chi connectivity index (χ1) is 16.8. The molecule has 0 saturated carbocycles. The highest BCUT2D eigenvalue weighted by Crippen LogP contribution is 2.16. The molecule has 7 heteroatoms. The number of nitrogens with one attached hydrogen (secondary N) is 3. The van der Waals surface area contributed by atoms with Gasteiger partial charge in [-0.15, -0.1) is 0 Å². The zero-order chi connectivity index (χ0) is 25.2. The van der Waals surface area contributed by atoms with Gasteiger partial charge in [-0.05, 0) is 53.9 Å². The smallest absolute Gasteiger partial charge is 0.253 e. The van der Waals surface area contributed by atoms with Crippen LogP contribution in [0.3, 0.4) is 0 Å². The Balaban J connectivity index is 1.50. The van der Waals surface area contributed by atoms with E-state index in [1.807, 2.05) is 44.2 Å². The number of carbonyl (C=O) groups is 3. The number of carbonyl (C=O) groups excluding carboxylic acids is 3. The molecule has 3 N–H and O–H groups in total. The highest BCUT2D eigenvalue weighted by Gasteiger charge is 2.13. The van der Waals surface area contributed by atoms with E-state index in [1.165, 1.54) is 0 Å². The monoisotopic (exact) mass is 472 g/mol. The van der Waals surface area contributed by atoms with Gasteiger partial charge in [-0.1, -0.05) is 50.2 Å². The Hall–Kier alpha value is -4.13. The SMILES string of the molecule is CC(C)CC(=O)Nc1ccc(NCC(=O)Nc2cccc(C(=O)N(C)Cc3ccccc3)c2)cc1. The Kier molecular flexibility index (Phi) is 9.01. The van der Waals surface area contributed by atoms with Crippen molar-refractivity contribution in [3.8, 4) is 0 Å². The van der Waals surface area contributed by atoms with Gasteiger partial charge in [0.1, 0.15) is 0 Å². The molecule has 182 valence electrons. The molecule has 0 aliphatic rings. The zero-order valence-electron chi connectivity index (χ0n) is 20.4. The third kappa shape index (κ3) is 8.30. The normalized spacial score (nSPS) is 10.5. The van der Waals surface area contributed by atoms with Gasteiger partial charge in [-0.3, -0.25) is 14.4 Å². The van der Waals surface area contributed by atoms with Gasteiger partial charge in [0, 0.05) is 42.6 Å². The summed E-state index contributed by atoms with van der Waals surface area (Å²) in [4.78, 5) is 38.8. The van der Waals surface area contributed by atoms with Gasteiger partial charge in [0.2, 0.25) is 11.8 Å². The first-order valence-electron chi connectivity index (χ1n) is 11.6. The number of amides is 3. The summed E-state index contributed by atoms with van der Waals surface area (Å²) in [5, 5.41) is 8.74. The lowest BCUT2D eigenvalue weighted by Crippen LogP contribution is -2.26. The van der Waals surface area contributed by atoms with Crippen molar-refractivity contribution >= 4 is 34.8 Å². The average molecular weight is 473 g/mol. The minimum atomic E-state index is -0.235. The molecule has 3 amide bonds. The number of anilines is 3. The Morgan fingerprint density at radius 1 is 0.771 bits per heavy atom. The van der Waals surface area contributed by atoms with Crippen molar-refractivity contribution in [2.75, 3.05) is 29.5 Å². The first kappa shape index (κ1) is 25.5. The van der Waals surface area contributed by atoms with Crippen molar-refractivity contribution in [2.45, 2.75) is 26.8 Å². The molecule has 0 unspecified atom stereocenters. The number of rotatable bonds is 10. The van der Waals surface area contributed by atoms with E-state index in [0.717, 1.165) is 11.3 Å². The molecular weight excluding hydrogens is 440 g/mol. The van der Waals surface area contributed by atoms with Crippen molar-refractivity contribution in [2.24, 2.45) is 5.92 Å². The highest BCUT2D eigenvalue weighted by atomic mass is 16.2. The number of hydrogen-bond donors (Lipinski definition) is 3. The molecule has 0 saturated heterocycles. The summed E-state index contributed by atoms with van der Waals surface area (Å²) < 4.78 is 0. The minimum absolute atomic E-state index is 0.0212. The highest BCUT2D eigenvalue weighted by molar-refractivity contribution is 5.98. The summed E-state index contributed by atoms with van der Waals surface area (Å²) >= 11 is 0. The van der Waals surface area contributed by atoms with Crippen molar-refractivity contribution in [3.05, 3.63) is 90.0 Å². The van der Waals surface area contributed by atoms with Crippen molar-refractivity contribution in [1.82, 2.24) is 4.90 Å². The van der Waals surface area contributed by atoms with Gasteiger partial charge in [0.15, 0.2) is 0 Å². The van der Waals surface area contributed by atoms with Gasteiger partial charge in [0.05, 0.1) is 6.54 Å². The van der Waals surface area contributed by atoms with Crippen LogP contribution in [0.1, 0.15) is 36.2 Å². The van der Waals surface area contributed by atoms with Crippen LogP contribution in [0.5, 0.6) is 0 Å². The van der Waals surface area contributed by atoms with Crippen molar-refractivity contribution in [1.29, 1.82) is 0 Å². The quantitative estimate of drug-likeness (QED) is 0.388. The Bertz CT molecular complexity index is 1140. The fraction of sp³-hybridized carbons (Fsp3) is 0.250. The lowest BCUT2D eigenvalue weighted by Gasteiger charge is -2.18. The molecule has 3 rings (SSSR count). The summed E-state index contributed by atoms with van der Waals surface area (Å²) in [6.07, 6.45) is 0.469. The van der Waals surface area contributed by atoms with Crippen LogP contribution in [-0.2, 0) is 16.1 Å². The van der Waals surface area contributed by atoms with Crippen LogP contribution in [-0.4, -0.2) is 36.2 Å². The van der Waals surface area contributed by atoms with Crippen molar-refractivity contribution < 1.29 is 14.4 Å². The molecule has 0 aromatic heterocycles. The molecule has 7 nitrogen and oxygen atoms in total. The van der Waals surface area contributed by atoms with E-state index >= 15 is 0 Å². The number of hydrogen-bond acceptors (Lipinski definition) is 4. The molecule has 0 heterocycles. The van der Waals surface area contributed by atoms with Crippen molar-refractivity contribution in [3.63, 3.8) is 0 Å². The Morgan fingerprint density at radius 2 is 1.43 bits per heavy atom. The molecule has 0 aliphatic heterocycles. The van der Waals surface area contributed by atoms with E-state index in [4.69, 9.17) is 0 Å². The largest absolute Gasteiger partial charge is 0.376 e. The molecule has 0 aliphatic carbocycles. The summed E-state index contributed by atoms with van der Waals surface area (Å²) in [6.45, 7) is 4.55. The summed E-state index contributed by atoms with van der Waals surface area (Å²) in [6, 6.07) is 23.9. The van der Waals surface area contributed by atoms with Gasteiger partial charge < -0.3 is 20.9 Å². The molecule has 35 heavy (non-hydrogen) atoms. The molecule has 0 bridgehead atoms. The van der Waals surface area contributed by atoms with E-state index in [-0.39, 0.29) is 24.3 Å². The Morgan fingerprint density at radius 3 is 2.11 bits per heavy atom. The molecule has 0 radical (unpaired) electrons. The van der Waals surface area contributed by atoms with Gasteiger partial charge >= 0.3 is 0 Å². The van der Waals surface area contributed by atoms with E-state index in [1.54, 1.807) is 60.5 Å².